The Hall–Kier alpha value is -1.62. The van der Waals surface area contributed by atoms with Crippen molar-refractivity contribution in [2.45, 2.75) is 38.6 Å². The Morgan fingerprint density at radius 1 is 1.35 bits per heavy atom. The third-order valence-corrected chi connectivity index (χ3v) is 4.15. The number of nitrogens with one attached hydrogen (secondary N) is 2. The number of thiophene rings is 1. The van der Waals surface area contributed by atoms with Gasteiger partial charge in [-0.25, -0.2) is 9.97 Å². The van der Waals surface area contributed by atoms with Gasteiger partial charge in [0.15, 0.2) is 0 Å². The Morgan fingerprint density at radius 3 is 2.80 bits per heavy atom. The molecular weight excluding hydrogens is 268 g/mol. The van der Waals surface area contributed by atoms with Gasteiger partial charge in [0, 0.05) is 18.5 Å². The highest BCUT2D eigenvalue weighted by atomic mass is 32.1. The molecule has 1 saturated carbocycles. The quantitative estimate of drug-likeness (QED) is 0.843. The minimum absolute atomic E-state index is 0.262. The summed E-state index contributed by atoms with van der Waals surface area (Å²) in [5.41, 5.74) is 1.30. The number of hydrogen-bond donors (Lipinski definition) is 2. The summed E-state index contributed by atoms with van der Waals surface area (Å²) in [5.74, 6) is 3.37. The lowest BCUT2D eigenvalue weighted by atomic mass is 10.2. The van der Waals surface area contributed by atoms with Crippen molar-refractivity contribution in [1.82, 2.24) is 9.97 Å². The summed E-state index contributed by atoms with van der Waals surface area (Å²) in [5, 5.41) is 11.0. The van der Waals surface area contributed by atoms with Gasteiger partial charge in [-0.15, -0.1) is 0 Å². The van der Waals surface area contributed by atoms with Gasteiger partial charge in [-0.05, 0) is 49.1 Å². The van der Waals surface area contributed by atoms with Gasteiger partial charge in [0.05, 0.1) is 6.04 Å². The highest BCUT2D eigenvalue weighted by molar-refractivity contribution is 7.07. The van der Waals surface area contributed by atoms with Gasteiger partial charge in [-0.1, -0.05) is 0 Å². The molecule has 0 aromatic carbocycles. The Morgan fingerprint density at radius 2 is 2.15 bits per heavy atom. The fourth-order valence-corrected chi connectivity index (χ4v) is 2.92. The largest absolute Gasteiger partial charge is 0.370 e. The van der Waals surface area contributed by atoms with Crippen molar-refractivity contribution in [2.75, 3.05) is 17.2 Å². The maximum Gasteiger partial charge on any atom is 0.136 e. The Kier molecular flexibility index (Phi) is 3.87. The standard InChI is InChI=1S/C15H20N4S/c1-3-16-13-8-14(19-15(18-13)11-4-5-11)17-10(2)12-6-7-20-9-12/h6-11H,3-5H2,1-2H3,(H2,16,17,18,19). The van der Waals surface area contributed by atoms with Gasteiger partial charge in [0.1, 0.15) is 17.5 Å². The van der Waals surface area contributed by atoms with Crippen LogP contribution in [0.1, 0.15) is 50.0 Å². The predicted molar refractivity (Wildman–Crippen MR) is 84.5 cm³/mol. The lowest BCUT2D eigenvalue weighted by molar-refractivity contribution is 0.857. The van der Waals surface area contributed by atoms with Crippen LogP contribution in [0.5, 0.6) is 0 Å². The summed E-state index contributed by atoms with van der Waals surface area (Å²) >= 11 is 1.72. The number of nitrogens with zero attached hydrogens (tertiary/aromatic N) is 2. The molecule has 2 heterocycles. The first-order valence-electron chi connectivity index (χ1n) is 7.17. The molecule has 4 nitrogen and oxygen atoms in total. The number of aromatic nitrogens is 2. The van der Waals surface area contributed by atoms with Gasteiger partial charge in [-0.3, -0.25) is 0 Å². The Bertz CT molecular complexity index is 563. The molecule has 0 bridgehead atoms. The van der Waals surface area contributed by atoms with Gasteiger partial charge in [0.25, 0.3) is 0 Å². The predicted octanol–water partition coefficient (Wildman–Crippen LogP) is 4.02. The maximum atomic E-state index is 4.67. The molecule has 20 heavy (non-hydrogen) atoms. The zero-order chi connectivity index (χ0) is 13.9. The summed E-state index contributed by atoms with van der Waals surface area (Å²) in [7, 11) is 0. The first kappa shape index (κ1) is 13.4. The van der Waals surface area contributed by atoms with Gasteiger partial charge in [-0.2, -0.15) is 11.3 Å². The van der Waals surface area contributed by atoms with E-state index in [1.54, 1.807) is 11.3 Å². The summed E-state index contributed by atoms with van der Waals surface area (Å²) < 4.78 is 0. The van der Waals surface area contributed by atoms with E-state index in [1.807, 2.05) is 6.07 Å². The van der Waals surface area contributed by atoms with Crippen LogP contribution >= 0.6 is 11.3 Å². The van der Waals surface area contributed by atoms with Gasteiger partial charge >= 0.3 is 0 Å². The zero-order valence-corrected chi connectivity index (χ0v) is 12.7. The lowest BCUT2D eigenvalue weighted by Crippen LogP contribution is -2.10. The van der Waals surface area contributed by atoms with Crippen LogP contribution in [0, 0.1) is 0 Å². The SMILES string of the molecule is CCNc1cc(NC(C)c2ccsc2)nc(C2CC2)n1. The van der Waals surface area contributed by atoms with Crippen LogP contribution in [-0.4, -0.2) is 16.5 Å². The second kappa shape index (κ2) is 5.79. The second-order valence-corrected chi connectivity index (χ2v) is 6.00. The molecular formula is C15H20N4S. The zero-order valence-electron chi connectivity index (χ0n) is 11.9. The van der Waals surface area contributed by atoms with Crippen molar-refractivity contribution in [3.8, 4) is 0 Å². The fraction of sp³-hybridized carbons (Fsp3) is 0.467. The first-order valence-corrected chi connectivity index (χ1v) is 8.12. The monoisotopic (exact) mass is 288 g/mol. The molecule has 1 atom stereocenters. The van der Waals surface area contributed by atoms with Crippen LogP contribution in [0.3, 0.4) is 0 Å². The normalized spacial score (nSPS) is 15.9. The lowest BCUT2D eigenvalue weighted by Gasteiger charge is -2.15. The maximum absolute atomic E-state index is 4.67. The molecule has 2 aromatic rings. The van der Waals surface area contributed by atoms with Crippen molar-refractivity contribution in [2.24, 2.45) is 0 Å². The summed E-state index contributed by atoms with van der Waals surface area (Å²) in [4.78, 5) is 9.26. The van der Waals surface area contributed by atoms with E-state index in [2.05, 4.69) is 51.3 Å². The van der Waals surface area contributed by atoms with Crippen molar-refractivity contribution in [3.05, 3.63) is 34.3 Å². The number of hydrogen-bond acceptors (Lipinski definition) is 5. The smallest absolute Gasteiger partial charge is 0.136 e. The topological polar surface area (TPSA) is 49.8 Å². The van der Waals surface area contributed by atoms with E-state index in [1.165, 1.54) is 18.4 Å². The number of anilines is 2. The van der Waals surface area contributed by atoms with E-state index in [-0.39, 0.29) is 6.04 Å². The number of rotatable bonds is 6. The summed E-state index contributed by atoms with van der Waals surface area (Å²) in [6.45, 7) is 5.12. The molecule has 0 amide bonds. The van der Waals surface area contributed by atoms with Crippen molar-refractivity contribution in [1.29, 1.82) is 0 Å². The highest BCUT2D eigenvalue weighted by Crippen LogP contribution is 2.39. The average Bonchev–Trinajstić information content (AvgIpc) is 3.13. The molecule has 5 heteroatoms. The van der Waals surface area contributed by atoms with Gasteiger partial charge in [0.2, 0.25) is 0 Å². The molecule has 0 aliphatic heterocycles. The van der Waals surface area contributed by atoms with Crippen LogP contribution in [0.25, 0.3) is 0 Å². The highest BCUT2D eigenvalue weighted by Gasteiger charge is 2.27. The minimum atomic E-state index is 0.262. The summed E-state index contributed by atoms with van der Waals surface area (Å²) in [6, 6.07) is 4.41. The molecule has 1 aliphatic carbocycles. The molecule has 0 radical (unpaired) electrons. The van der Waals surface area contributed by atoms with E-state index < -0.39 is 0 Å². The van der Waals surface area contributed by atoms with Crippen LogP contribution < -0.4 is 10.6 Å². The molecule has 0 spiro atoms. The van der Waals surface area contributed by atoms with Crippen LogP contribution in [0.15, 0.2) is 22.9 Å². The Labute approximate surface area is 123 Å². The van der Waals surface area contributed by atoms with E-state index in [0.29, 0.717) is 5.92 Å². The minimum Gasteiger partial charge on any atom is -0.370 e. The molecule has 3 rings (SSSR count). The molecule has 1 unspecified atom stereocenters. The third kappa shape index (κ3) is 3.10. The van der Waals surface area contributed by atoms with E-state index in [9.17, 15) is 0 Å². The first-order chi connectivity index (χ1) is 9.76. The van der Waals surface area contributed by atoms with Crippen LogP contribution in [-0.2, 0) is 0 Å². The van der Waals surface area contributed by atoms with Crippen molar-refractivity contribution >= 4 is 23.0 Å². The molecule has 2 N–H and O–H groups in total. The van der Waals surface area contributed by atoms with E-state index >= 15 is 0 Å². The van der Waals surface area contributed by atoms with Crippen LogP contribution in [0.4, 0.5) is 11.6 Å². The second-order valence-electron chi connectivity index (χ2n) is 5.22. The third-order valence-electron chi connectivity index (χ3n) is 3.45. The van der Waals surface area contributed by atoms with E-state index in [0.717, 1.165) is 24.0 Å². The molecule has 2 aromatic heterocycles. The molecule has 106 valence electrons. The Balaban J connectivity index is 1.80. The van der Waals surface area contributed by atoms with E-state index in [4.69, 9.17) is 0 Å². The molecule has 1 aliphatic rings. The van der Waals surface area contributed by atoms with Crippen molar-refractivity contribution < 1.29 is 0 Å². The van der Waals surface area contributed by atoms with Gasteiger partial charge < -0.3 is 10.6 Å². The molecule has 1 fully saturated rings. The average molecular weight is 288 g/mol. The van der Waals surface area contributed by atoms with Crippen molar-refractivity contribution in [3.63, 3.8) is 0 Å². The fourth-order valence-electron chi connectivity index (χ4n) is 2.16. The summed E-state index contributed by atoms with van der Waals surface area (Å²) in [6.07, 6.45) is 2.43. The van der Waals surface area contributed by atoms with Crippen LogP contribution in [0.2, 0.25) is 0 Å². The molecule has 0 saturated heterocycles.